The Morgan fingerprint density at radius 1 is 1.14 bits per heavy atom. The molecule has 0 saturated heterocycles. The number of ether oxygens (including phenoxy) is 2. The van der Waals surface area contributed by atoms with Gasteiger partial charge < -0.3 is 14.4 Å². The standard InChI is InChI=1S/C36H34F4N6O3S/c1-6-29(47)45-16-19(2)46-27(20(45)3)14-26(43-46)33-31(30-25(38)12-23(37)13-28(30)49-9-8-48-5)34-24(7-10-50-34)32(42-33)21-11-22-17-44(4)18-36(39,40)35(22)41-15-21/h6-7,10-15,19-20H,1,8-9,16-18H2,2-5H3. The molecule has 260 valence electrons. The van der Waals surface area contributed by atoms with E-state index in [1.165, 1.54) is 35.6 Å². The van der Waals surface area contributed by atoms with Crippen LogP contribution in [0.3, 0.4) is 0 Å². The van der Waals surface area contributed by atoms with Gasteiger partial charge in [-0.2, -0.15) is 13.9 Å². The Hall–Kier alpha value is -4.66. The number of nitrogens with zero attached hydrogens (tertiary/aromatic N) is 6. The average molecular weight is 707 g/mol. The lowest BCUT2D eigenvalue weighted by molar-refractivity contribution is -0.129. The molecule has 14 heteroatoms. The van der Waals surface area contributed by atoms with E-state index in [-0.39, 0.29) is 60.5 Å². The van der Waals surface area contributed by atoms with Crippen LogP contribution in [0.4, 0.5) is 17.6 Å². The Morgan fingerprint density at radius 2 is 1.94 bits per heavy atom. The number of benzene rings is 1. The summed E-state index contributed by atoms with van der Waals surface area (Å²) in [6.07, 6.45) is 2.66. The van der Waals surface area contributed by atoms with Gasteiger partial charge in [0, 0.05) is 59.7 Å². The maximum atomic E-state index is 16.1. The molecule has 5 aromatic rings. The Bertz CT molecular complexity index is 2150. The first-order valence-corrected chi connectivity index (χ1v) is 16.9. The average Bonchev–Trinajstić information content (AvgIpc) is 3.74. The van der Waals surface area contributed by atoms with E-state index in [9.17, 15) is 18.0 Å². The van der Waals surface area contributed by atoms with Crippen LogP contribution in [0.5, 0.6) is 5.75 Å². The van der Waals surface area contributed by atoms with Gasteiger partial charge in [0.2, 0.25) is 5.91 Å². The first kappa shape index (κ1) is 33.8. The predicted octanol–water partition coefficient (Wildman–Crippen LogP) is 7.38. The van der Waals surface area contributed by atoms with Crippen molar-refractivity contribution in [3.8, 4) is 39.5 Å². The topological polar surface area (TPSA) is 85.6 Å². The van der Waals surface area contributed by atoms with Gasteiger partial charge in [0.05, 0.1) is 42.2 Å². The molecular formula is C36H34F4N6O3S. The predicted molar refractivity (Wildman–Crippen MR) is 182 cm³/mol. The van der Waals surface area contributed by atoms with E-state index in [4.69, 9.17) is 19.6 Å². The van der Waals surface area contributed by atoms with Gasteiger partial charge in [-0.1, -0.05) is 6.58 Å². The van der Waals surface area contributed by atoms with Crippen LogP contribution in [0.1, 0.15) is 42.9 Å². The Balaban J connectivity index is 1.50. The van der Waals surface area contributed by atoms with Crippen LogP contribution in [0.25, 0.3) is 43.9 Å². The number of rotatable bonds is 8. The Labute approximate surface area is 289 Å². The number of fused-ring (bicyclic) bond motifs is 3. The van der Waals surface area contributed by atoms with Gasteiger partial charge >= 0.3 is 5.92 Å². The van der Waals surface area contributed by atoms with E-state index in [2.05, 4.69) is 11.6 Å². The van der Waals surface area contributed by atoms with E-state index in [1.807, 2.05) is 36.0 Å². The van der Waals surface area contributed by atoms with Gasteiger partial charge in [-0.05, 0) is 56.1 Å². The molecule has 2 aliphatic heterocycles. The van der Waals surface area contributed by atoms with Gasteiger partial charge in [-0.15, -0.1) is 11.3 Å². The lowest BCUT2D eigenvalue weighted by atomic mass is 9.95. The molecule has 0 fully saturated rings. The normalized spacial score (nSPS) is 18.6. The number of aromatic nitrogens is 4. The van der Waals surface area contributed by atoms with Gasteiger partial charge in [0.1, 0.15) is 41.1 Å². The highest BCUT2D eigenvalue weighted by Gasteiger charge is 2.41. The molecular weight excluding hydrogens is 672 g/mol. The van der Waals surface area contributed by atoms with E-state index >= 15 is 4.39 Å². The Morgan fingerprint density at radius 3 is 2.70 bits per heavy atom. The molecule has 6 heterocycles. The van der Waals surface area contributed by atoms with Crippen molar-refractivity contribution in [2.24, 2.45) is 0 Å². The van der Waals surface area contributed by atoms with Crippen molar-refractivity contribution in [3.05, 3.63) is 83.1 Å². The van der Waals surface area contributed by atoms with Crippen LogP contribution in [0, 0.1) is 11.6 Å². The molecule has 0 saturated carbocycles. The van der Waals surface area contributed by atoms with Gasteiger partial charge in [0.15, 0.2) is 0 Å². The molecule has 7 rings (SSSR count). The van der Waals surface area contributed by atoms with Gasteiger partial charge in [-0.3, -0.25) is 19.4 Å². The summed E-state index contributed by atoms with van der Waals surface area (Å²) in [5, 5.41) is 7.39. The van der Waals surface area contributed by atoms with E-state index in [0.29, 0.717) is 44.7 Å². The lowest BCUT2D eigenvalue weighted by Crippen LogP contribution is -2.42. The minimum absolute atomic E-state index is 0.00985. The molecule has 2 aliphatic rings. The third-order valence-corrected chi connectivity index (χ3v) is 10.1. The number of halogens is 4. The molecule has 0 aliphatic carbocycles. The second-order valence-corrected chi connectivity index (χ2v) is 13.6. The highest BCUT2D eigenvalue weighted by atomic mass is 32.1. The summed E-state index contributed by atoms with van der Waals surface area (Å²) in [6, 6.07) is 6.64. The number of hydrogen-bond donors (Lipinski definition) is 0. The molecule has 4 aromatic heterocycles. The van der Waals surface area contributed by atoms with Crippen LogP contribution in [0.2, 0.25) is 0 Å². The molecule has 0 N–H and O–H groups in total. The summed E-state index contributed by atoms with van der Waals surface area (Å²) < 4.78 is 74.2. The summed E-state index contributed by atoms with van der Waals surface area (Å²) in [4.78, 5) is 25.3. The molecule has 0 bridgehead atoms. The molecule has 1 amide bonds. The minimum Gasteiger partial charge on any atom is -0.490 e. The van der Waals surface area contributed by atoms with E-state index in [0.717, 1.165) is 17.8 Å². The van der Waals surface area contributed by atoms with E-state index in [1.54, 1.807) is 18.0 Å². The van der Waals surface area contributed by atoms with Crippen molar-refractivity contribution in [2.45, 2.75) is 38.4 Å². The molecule has 50 heavy (non-hydrogen) atoms. The number of methoxy groups -OCH3 is 1. The molecule has 9 nitrogen and oxygen atoms in total. The smallest absolute Gasteiger partial charge is 0.302 e. The lowest BCUT2D eigenvalue weighted by Gasteiger charge is -2.36. The van der Waals surface area contributed by atoms with E-state index < -0.39 is 24.1 Å². The van der Waals surface area contributed by atoms with Crippen LogP contribution in [-0.4, -0.2) is 75.9 Å². The third kappa shape index (κ3) is 5.74. The number of likely N-dealkylation sites (N-methyl/N-ethyl adjacent to an activating group) is 1. The first-order valence-electron chi connectivity index (χ1n) is 16.0. The van der Waals surface area contributed by atoms with Crippen molar-refractivity contribution in [1.29, 1.82) is 0 Å². The maximum Gasteiger partial charge on any atom is 0.302 e. The number of carbonyl (C=O) groups is 1. The van der Waals surface area contributed by atoms with Crippen molar-refractivity contribution >= 4 is 27.3 Å². The quantitative estimate of drug-likeness (QED) is 0.0946. The number of pyridine rings is 2. The monoisotopic (exact) mass is 706 g/mol. The van der Waals surface area contributed by atoms with Crippen molar-refractivity contribution < 1.29 is 31.8 Å². The van der Waals surface area contributed by atoms with Gasteiger partial charge in [0.25, 0.3) is 0 Å². The number of carbonyl (C=O) groups excluding carboxylic acids is 1. The minimum atomic E-state index is -3.12. The van der Waals surface area contributed by atoms with Crippen molar-refractivity contribution in [3.63, 3.8) is 0 Å². The largest absolute Gasteiger partial charge is 0.490 e. The van der Waals surface area contributed by atoms with Crippen molar-refractivity contribution in [1.82, 2.24) is 29.5 Å². The zero-order valence-electron chi connectivity index (χ0n) is 27.8. The summed E-state index contributed by atoms with van der Waals surface area (Å²) in [5.74, 6) is -5.07. The number of alkyl halides is 2. The second-order valence-electron chi connectivity index (χ2n) is 12.7. The van der Waals surface area contributed by atoms with Crippen LogP contribution in [0.15, 0.2) is 54.6 Å². The number of hydrogen-bond acceptors (Lipinski definition) is 8. The van der Waals surface area contributed by atoms with Gasteiger partial charge in [-0.25, -0.2) is 13.8 Å². The first-order chi connectivity index (χ1) is 23.9. The summed E-state index contributed by atoms with van der Waals surface area (Å²) in [6.45, 7) is 7.90. The molecule has 2 unspecified atom stereocenters. The molecule has 1 aromatic carbocycles. The van der Waals surface area contributed by atoms with Crippen LogP contribution in [-0.2, 0) is 22.0 Å². The fraction of sp³-hybridized carbons (Fsp3) is 0.333. The molecule has 2 atom stereocenters. The summed E-state index contributed by atoms with van der Waals surface area (Å²) in [5.41, 5.74) is 2.73. The van der Waals surface area contributed by atoms with Crippen LogP contribution >= 0.6 is 11.3 Å². The second kappa shape index (κ2) is 12.9. The zero-order valence-corrected chi connectivity index (χ0v) is 28.7. The van der Waals surface area contributed by atoms with Crippen molar-refractivity contribution in [2.75, 3.05) is 40.5 Å². The zero-order chi connectivity index (χ0) is 35.5. The third-order valence-electron chi connectivity index (χ3n) is 9.16. The number of amides is 1. The van der Waals surface area contributed by atoms with Crippen LogP contribution < -0.4 is 4.74 Å². The highest BCUT2D eigenvalue weighted by molar-refractivity contribution is 7.18. The fourth-order valence-electron chi connectivity index (χ4n) is 6.92. The Kier molecular flexibility index (Phi) is 8.73. The molecule has 0 spiro atoms. The summed E-state index contributed by atoms with van der Waals surface area (Å²) >= 11 is 1.32. The molecule has 0 radical (unpaired) electrons. The summed E-state index contributed by atoms with van der Waals surface area (Å²) in [7, 11) is 3.12. The maximum absolute atomic E-state index is 16.1. The fourth-order valence-corrected chi connectivity index (χ4v) is 7.87. The SMILES string of the molecule is C=CC(=O)N1CC(C)n2nc(-c3nc(-c4cnc5c(c4)CN(C)CC5(F)F)c4ccsc4c3-c3c(F)cc(F)cc3OCCOC)cc2C1C. The highest BCUT2D eigenvalue weighted by Crippen LogP contribution is 2.48. The number of thiophene rings is 1.